The molecular formula is C6H17NOSi. The third-order valence-corrected chi connectivity index (χ3v) is 4.38. The third-order valence-electron chi connectivity index (χ3n) is 1.56. The van der Waals surface area contributed by atoms with E-state index in [4.69, 9.17) is 10.8 Å². The number of nitrogens with two attached hydrogens (primary N) is 1. The monoisotopic (exact) mass is 147 g/mol. The first-order valence-corrected chi connectivity index (χ1v) is 6.85. The molecule has 0 aliphatic rings. The van der Waals surface area contributed by atoms with E-state index in [1.165, 1.54) is 0 Å². The van der Waals surface area contributed by atoms with E-state index in [0.717, 1.165) is 18.6 Å². The molecule has 0 aromatic carbocycles. The SMILES string of the molecule is C[Si](C)(CN)CCCO. The lowest BCUT2D eigenvalue weighted by atomic mass is 10.5. The Balaban J connectivity index is 3.33. The molecule has 56 valence electrons. The average molecular weight is 147 g/mol. The number of rotatable bonds is 4. The highest BCUT2D eigenvalue weighted by Crippen LogP contribution is 2.08. The molecule has 0 fully saturated rings. The molecule has 0 aliphatic carbocycles. The maximum Gasteiger partial charge on any atom is 0.0623 e. The number of hydrogen-bond acceptors (Lipinski definition) is 2. The topological polar surface area (TPSA) is 46.2 Å². The minimum atomic E-state index is -1.08. The number of hydrogen-bond donors (Lipinski definition) is 2. The fraction of sp³-hybridized carbons (Fsp3) is 1.00. The van der Waals surface area contributed by atoms with Crippen LogP contribution < -0.4 is 5.73 Å². The highest BCUT2D eigenvalue weighted by molar-refractivity contribution is 6.77. The Morgan fingerprint density at radius 1 is 1.44 bits per heavy atom. The summed E-state index contributed by atoms with van der Waals surface area (Å²) in [6, 6.07) is 1.15. The van der Waals surface area contributed by atoms with Crippen molar-refractivity contribution in [3.05, 3.63) is 0 Å². The first kappa shape index (κ1) is 9.14. The predicted molar refractivity (Wildman–Crippen MR) is 43.0 cm³/mol. The Morgan fingerprint density at radius 3 is 2.33 bits per heavy atom. The second-order valence-corrected chi connectivity index (χ2v) is 8.43. The van der Waals surface area contributed by atoms with E-state index in [9.17, 15) is 0 Å². The zero-order chi connectivity index (χ0) is 7.33. The van der Waals surface area contributed by atoms with Crippen molar-refractivity contribution in [2.45, 2.75) is 25.6 Å². The molecule has 3 N–H and O–H groups in total. The van der Waals surface area contributed by atoms with Crippen molar-refractivity contribution in [3.8, 4) is 0 Å². The van der Waals surface area contributed by atoms with E-state index < -0.39 is 8.07 Å². The van der Waals surface area contributed by atoms with Crippen LogP contribution in [0.5, 0.6) is 0 Å². The quantitative estimate of drug-likeness (QED) is 0.571. The maximum atomic E-state index is 8.51. The van der Waals surface area contributed by atoms with Crippen molar-refractivity contribution < 1.29 is 5.11 Å². The van der Waals surface area contributed by atoms with Crippen LogP contribution in [-0.4, -0.2) is 26.0 Å². The van der Waals surface area contributed by atoms with E-state index in [1.807, 2.05) is 0 Å². The molecule has 0 aromatic heterocycles. The highest BCUT2D eigenvalue weighted by atomic mass is 28.3. The molecule has 0 bridgehead atoms. The van der Waals surface area contributed by atoms with Gasteiger partial charge in [0.15, 0.2) is 0 Å². The molecule has 3 heteroatoms. The standard InChI is InChI=1S/C6H17NOSi/c1-9(2,6-7)5-3-4-8/h8H,3-7H2,1-2H3. The van der Waals surface area contributed by atoms with Gasteiger partial charge in [0.05, 0.1) is 8.07 Å². The lowest BCUT2D eigenvalue weighted by molar-refractivity contribution is 0.294. The lowest BCUT2D eigenvalue weighted by Crippen LogP contribution is -2.36. The predicted octanol–water partition coefficient (Wildman–Crippen LogP) is 0.575. The second kappa shape index (κ2) is 4.03. The van der Waals surface area contributed by atoms with Gasteiger partial charge in [0.1, 0.15) is 0 Å². The second-order valence-electron chi connectivity index (χ2n) is 3.20. The van der Waals surface area contributed by atoms with E-state index in [0.29, 0.717) is 6.61 Å². The summed E-state index contributed by atoms with van der Waals surface area (Å²) < 4.78 is 0. The largest absolute Gasteiger partial charge is 0.396 e. The normalized spacial score (nSPS) is 12.0. The van der Waals surface area contributed by atoms with Crippen molar-refractivity contribution in [2.75, 3.05) is 12.8 Å². The summed E-state index contributed by atoms with van der Waals surface area (Å²) in [4.78, 5) is 0. The summed E-state index contributed by atoms with van der Waals surface area (Å²) in [5.74, 6) is 0. The first-order chi connectivity index (χ1) is 4.12. The van der Waals surface area contributed by atoms with Crippen LogP contribution >= 0.6 is 0 Å². The van der Waals surface area contributed by atoms with Crippen LogP contribution in [0.3, 0.4) is 0 Å². The maximum absolute atomic E-state index is 8.51. The van der Waals surface area contributed by atoms with Crippen LogP contribution in [0.25, 0.3) is 0 Å². The van der Waals surface area contributed by atoms with Crippen molar-refractivity contribution in [1.29, 1.82) is 0 Å². The molecule has 9 heavy (non-hydrogen) atoms. The Hall–Kier alpha value is 0.137. The molecule has 0 saturated carbocycles. The minimum Gasteiger partial charge on any atom is -0.396 e. The van der Waals surface area contributed by atoms with Gasteiger partial charge in [-0.25, -0.2) is 0 Å². The van der Waals surface area contributed by atoms with Crippen LogP contribution in [0.1, 0.15) is 6.42 Å². The summed E-state index contributed by atoms with van der Waals surface area (Å²) in [6.45, 7) is 4.82. The molecular weight excluding hydrogens is 130 g/mol. The van der Waals surface area contributed by atoms with Crippen molar-refractivity contribution in [3.63, 3.8) is 0 Å². The first-order valence-electron chi connectivity index (χ1n) is 3.43. The zero-order valence-electron chi connectivity index (χ0n) is 6.35. The van der Waals surface area contributed by atoms with E-state index in [1.54, 1.807) is 0 Å². The average Bonchev–Trinajstić information content (AvgIpc) is 1.84. The van der Waals surface area contributed by atoms with Gasteiger partial charge >= 0.3 is 0 Å². The zero-order valence-corrected chi connectivity index (χ0v) is 7.35. The number of aliphatic hydroxyl groups excluding tert-OH is 1. The lowest BCUT2D eigenvalue weighted by Gasteiger charge is -2.18. The van der Waals surface area contributed by atoms with Crippen LogP contribution in [0, 0.1) is 0 Å². The van der Waals surface area contributed by atoms with Gasteiger partial charge in [-0.05, 0) is 12.6 Å². The molecule has 2 nitrogen and oxygen atoms in total. The van der Waals surface area contributed by atoms with Gasteiger partial charge in [-0.3, -0.25) is 0 Å². The highest BCUT2D eigenvalue weighted by Gasteiger charge is 2.16. The summed E-state index contributed by atoms with van der Waals surface area (Å²) in [5.41, 5.74) is 5.53. The Bertz CT molecular complexity index is 75.5. The van der Waals surface area contributed by atoms with Gasteiger partial charge in [-0.2, -0.15) is 0 Å². The smallest absolute Gasteiger partial charge is 0.0623 e. The van der Waals surface area contributed by atoms with E-state index in [2.05, 4.69) is 13.1 Å². The molecule has 0 rings (SSSR count). The van der Waals surface area contributed by atoms with Crippen LogP contribution in [0.2, 0.25) is 19.1 Å². The summed E-state index contributed by atoms with van der Waals surface area (Å²) in [6.07, 6.45) is 1.77. The van der Waals surface area contributed by atoms with E-state index >= 15 is 0 Å². The Morgan fingerprint density at radius 2 is 2.00 bits per heavy atom. The number of aliphatic hydroxyl groups is 1. The van der Waals surface area contributed by atoms with Crippen LogP contribution in [0.4, 0.5) is 0 Å². The van der Waals surface area contributed by atoms with Gasteiger partial charge < -0.3 is 10.8 Å². The van der Waals surface area contributed by atoms with Crippen LogP contribution in [-0.2, 0) is 0 Å². The fourth-order valence-corrected chi connectivity index (χ4v) is 1.98. The van der Waals surface area contributed by atoms with Gasteiger partial charge in [-0.1, -0.05) is 19.1 Å². The van der Waals surface area contributed by atoms with Crippen molar-refractivity contribution in [2.24, 2.45) is 5.73 Å². The van der Waals surface area contributed by atoms with Crippen LogP contribution in [0.15, 0.2) is 0 Å². The van der Waals surface area contributed by atoms with Crippen molar-refractivity contribution in [1.82, 2.24) is 0 Å². The summed E-state index contributed by atoms with van der Waals surface area (Å²) in [5, 5.41) is 8.51. The molecule has 0 aromatic rings. The molecule has 0 amide bonds. The van der Waals surface area contributed by atoms with Gasteiger partial charge in [0.25, 0.3) is 0 Å². The third kappa shape index (κ3) is 4.63. The van der Waals surface area contributed by atoms with E-state index in [-0.39, 0.29) is 0 Å². The fourth-order valence-electron chi connectivity index (χ4n) is 0.660. The van der Waals surface area contributed by atoms with Gasteiger partial charge in [-0.15, -0.1) is 0 Å². The Labute approximate surface area is 58.1 Å². The summed E-state index contributed by atoms with van der Waals surface area (Å²) in [7, 11) is -1.08. The van der Waals surface area contributed by atoms with Gasteiger partial charge in [0.2, 0.25) is 0 Å². The van der Waals surface area contributed by atoms with Crippen molar-refractivity contribution >= 4 is 8.07 Å². The Kier molecular flexibility index (Phi) is 4.09. The molecule has 0 saturated heterocycles. The molecule has 0 aliphatic heterocycles. The molecule has 0 heterocycles. The molecule has 0 spiro atoms. The molecule has 0 atom stereocenters. The summed E-state index contributed by atoms with van der Waals surface area (Å²) >= 11 is 0. The van der Waals surface area contributed by atoms with Gasteiger partial charge in [0, 0.05) is 6.61 Å². The molecule has 0 radical (unpaired) electrons. The molecule has 0 unspecified atom stereocenters. The minimum absolute atomic E-state index is 0.316.